The van der Waals surface area contributed by atoms with E-state index in [4.69, 9.17) is 0 Å². The second kappa shape index (κ2) is 6.80. The molecule has 2 N–H and O–H groups in total. The van der Waals surface area contributed by atoms with Crippen molar-refractivity contribution in [2.75, 3.05) is 7.05 Å². The highest BCUT2D eigenvalue weighted by molar-refractivity contribution is 8.00. The molecule has 0 aromatic heterocycles. The van der Waals surface area contributed by atoms with E-state index in [0.717, 1.165) is 11.2 Å². The van der Waals surface area contributed by atoms with Crippen LogP contribution in [-0.4, -0.2) is 30.5 Å². The number of thioether (sulfide) groups is 1. The average molecular weight is 266 g/mol. The molecule has 1 atom stereocenters. The van der Waals surface area contributed by atoms with Crippen molar-refractivity contribution in [2.24, 2.45) is 0 Å². The first-order valence-corrected chi connectivity index (χ1v) is 6.19. The summed E-state index contributed by atoms with van der Waals surface area (Å²) in [6.45, 7) is 1.70. The lowest BCUT2D eigenvalue weighted by Crippen LogP contribution is -2.41. The van der Waals surface area contributed by atoms with E-state index < -0.39 is 11.3 Å². The minimum atomic E-state index is -0.524. The van der Waals surface area contributed by atoms with Crippen molar-refractivity contribution in [3.63, 3.8) is 0 Å². The van der Waals surface area contributed by atoms with Crippen LogP contribution < -0.4 is 10.6 Å². The Bertz CT molecular complexity index is 445. The molecule has 1 aromatic rings. The number of benzene rings is 1. The maximum Gasteiger partial charge on any atom is 0.321 e. The molecule has 0 heterocycles. The molecule has 0 bridgehead atoms. The van der Waals surface area contributed by atoms with E-state index in [0.29, 0.717) is 5.56 Å². The molecule has 0 aliphatic carbocycles. The Morgan fingerprint density at radius 1 is 1.28 bits per heavy atom. The number of imide groups is 1. The number of hydrogen-bond acceptors (Lipinski definition) is 4. The van der Waals surface area contributed by atoms with E-state index in [2.05, 4.69) is 10.6 Å². The summed E-state index contributed by atoms with van der Waals surface area (Å²) >= 11 is 1.32. The van der Waals surface area contributed by atoms with E-state index in [1.807, 2.05) is 0 Å². The standard InChI is InChI=1S/C12H14N2O3S/c1-8(11(16)14-12(17)13-2)18-10-5-3-9(7-15)4-6-10/h3-8H,1-2H3,(H2,13,14,16,17). The summed E-state index contributed by atoms with van der Waals surface area (Å²) in [7, 11) is 1.44. The Kier molecular flexibility index (Phi) is 5.38. The second-order valence-electron chi connectivity index (χ2n) is 3.52. The molecule has 96 valence electrons. The molecular weight excluding hydrogens is 252 g/mol. The van der Waals surface area contributed by atoms with Gasteiger partial charge >= 0.3 is 6.03 Å². The molecule has 0 aliphatic heterocycles. The quantitative estimate of drug-likeness (QED) is 0.638. The number of carbonyl (C=O) groups excluding carboxylic acids is 3. The Morgan fingerprint density at radius 3 is 2.39 bits per heavy atom. The van der Waals surface area contributed by atoms with Gasteiger partial charge in [0, 0.05) is 17.5 Å². The maximum atomic E-state index is 11.6. The number of hydrogen-bond donors (Lipinski definition) is 2. The van der Waals surface area contributed by atoms with E-state index >= 15 is 0 Å². The van der Waals surface area contributed by atoms with Crippen molar-refractivity contribution in [3.8, 4) is 0 Å². The van der Waals surface area contributed by atoms with Crippen LogP contribution in [0.3, 0.4) is 0 Å². The zero-order valence-electron chi connectivity index (χ0n) is 10.1. The molecular formula is C12H14N2O3S. The normalized spacial score (nSPS) is 11.4. The smallest absolute Gasteiger partial charge is 0.321 e. The van der Waals surface area contributed by atoms with Gasteiger partial charge in [-0.3, -0.25) is 14.9 Å². The summed E-state index contributed by atoms with van der Waals surface area (Å²) in [4.78, 5) is 33.9. The first kappa shape index (κ1) is 14.2. The lowest BCUT2D eigenvalue weighted by Gasteiger charge is -2.10. The van der Waals surface area contributed by atoms with Crippen LogP contribution in [0.1, 0.15) is 17.3 Å². The zero-order valence-corrected chi connectivity index (χ0v) is 10.9. The Balaban J connectivity index is 2.57. The third kappa shape index (κ3) is 4.21. The fourth-order valence-electron chi connectivity index (χ4n) is 1.16. The van der Waals surface area contributed by atoms with Crippen molar-refractivity contribution in [1.82, 2.24) is 10.6 Å². The van der Waals surface area contributed by atoms with E-state index in [1.54, 1.807) is 31.2 Å². The molecule has 0 fully saturated rings. The van der Waals surface area contributed by atoms with Crippen LogP contribution in [0.25, 0.3) is 0 Å². The van der Waals surface area contributed by atoms with Crippen LogP contribution in [0.15, 0.2) is 29.2 Å². The summed E-state index contributed by atoms with van der Waals surface area (Å²) in [5.41, 5.74) is 0.585. The summed E-state index contributed by atoms with van der Waals surface area (Å²) in [5, 5.41) is 4.12. The number of carbonyl (C=O) groups is 3. The van der Waals surface area contributed by atoms with Crippen LogP contribution >= 0.6 is 11.8 Å². The van der Waals surface area contributed by atoms with Crippen LogP contribution in [0, 0.1) is 0 Å². The Morgan fingerprint density at radius 2 is 1.89 bits per heavy atom. The van der Waals surface area contributed by atoms with Gasteiger partial charge in [-0.05, 0) is 19.1 Å². The highest BCUT2D eigenvalue weighted by atomic mass is 32.2. The fourth-order valence-corrected chi connectivity index (χ4v) is 2.03. The monoisotopic (exact) mass is 266 g/mol. The van der Waals surface area contributed by atoms with Gasteiger partial charge < -0.3 is 5.32 Å². The van der Waals surface area contributed by atoms with Crippen LogP contribution in [0.5, 0.6) is 0 Å². The molecule has 1 rings (SSSR count). The number of nitrogens with one attached hydrogen (secondary N) is 2. The molecule has 1 aromatic carbocycles. The van der Waals surface area contributed by atoms with Gasteiger partial charge in [-0.1, -0.05) is 12.1 Å². The zero-order chi connectivity index (χ0) is 13.5. The highest BCUT2D eigenvalue weighted by Crippen LogP contribution is 2.23. The number of amides is 3. The first-order chi connectivity index (χ1) is 8.56. The van der Waals surface area contributed by atoms with E-state index in [1.165, 1.54) is 18.8 Å². The minimum absolute atomic E-state index is 0.362. The molecule has 1 unspecified atom stereocenters. The Hall–Kier alpha value is -1.82. The van der Waals surface area contributed by atoms with E-state index in [9.17, 15) is 14.4 Å². The number of urea groups is 1. The third-order valence-electron chi connectivity index (χ3n) is 2.16. The fraction of sp³-hybridized carbons (Fsp3) is 0.250. The summed E-state index contributed by atoms with van der Waals surface area (Å²) in [5.74, 6) is -0.362. The molecule has 5 nitrogen and oxygen atoms in total. The molecule has 3 amide bonds. The predicted molar refractivity (Wildman–Crippen MR) is 69.7 cm³/mol. The lowest BCUT2D eigenvalue weighted by atomic mass is 10.2. The largest absolute Gasteiger partial charge is 0.341 e. The van der Waals surface area contributed by atoms with Gasteiger partial charge in [-0.15, -0.1) is 11.8 Å². The lowest BCUT2D eigenvalue weighted by molar-refractivity contribution is -0.119. The number of rotatable bonds is 4. The molecule has 0 radical (unpaired) electrons. The van der Waals surface area contributed by atoms with Gasteiger partial charge in [0.25, 0.3) is 0 Å². The van der Waals surface area contributed by atoms with Gasteiger partial charge in [0.05, 0.1) is 5.25 Å². The van der Waals surface area contributed by atoms with Gasteiger partial charge in [0.2, 0.25) is 5.91 Å². The summed E-state index contributed by atoms with van der Waals surface area (Å²) in [6.07, 6.45) is 0.760. The molecule has 18 heavy (non-hydrogen) atoms. The maximum absolute atomic E-state index is 11.6. The average Bonchev–Trinajstić information content (AvgIpc) is 2.39. The van der Waals surface area contributed by atoms with E-state index in [-0.39, 0.29) is 5.91 Å². The van der Waals surface area contributed by atoms with Crippen molar-refractivity contribution >= 4 is 30.0 Å². The van der Waals surface area contributed by atoms with Crippen molar-refractivity contribution in [1.29, 1.82) is 0 Å². The van der Waals surface area contributed by atoms with Crippen molar-refractivity contribution in [2.45, 2.75) is 17.1 Å². The summed E-state index contributed by atoms with van der Waals surface area (Å²) in [6, 6.07) is 6.36. The van der Waals surface area contributed by atoms with Crippen molar-refractivity contribution in [3.05, 3.63) is 29.8 Å². The first-order valence-electron chi connectivity index (χ1n) is 5.31. The molecule has 0 saturated carbocycles. The van der Waals surface area contributed by atoms with Gasteiger partial charge in [0.1, 0.15) is 6.29 Å². The summed E-state index contributed by atoms with van der Waals surface area (Å²) < 4.78 is 0. The SMILES string of the molecule is CNC(=O)NC(=O)C(C)Sc1ccc(C=O)cc1. The van der Waals surface area contributed by atoms with Crippen LogP contribution in [-0.2, 0) is 4.79 Å². The Labute approximate surface area is 109 Å². The molecule has 0 aliphatic rings. The number of aldehydes is 1. The highest BCUT2D eigenvalue weighted by Gasteiger charge is 2.16. The molecule has 6 heteroatoms. The van der Waals surface area contributed by atoms with Crippen LogP contribution in [0.4, 0.5) is 4.79 Å². The van der Waals surface area contributed by atoms with Crippen molar-refractivity contribution < 1.29 is 14.4 Å². The molecule has 0 saturated heterocycles. The third-order valence-corrected chi connectivity index (χ3v) is 3.27. The van der Waals surface area contributed by atoms with Gasteiger partial charge in [0.15, 0.2) is 0 Å². The topological polar surface area (TPSA) is 75.3 Å². The second-order valence-corrected chi connectivity index (χ2v) is 4.93. The predicted octanol–water partition coefficient (Wildman–Crippen LogP) is 1.44. The van der Waals surface area contributed by atoms with Gasteiger partial charge in [-0.25, -0.2) is 4.79 Å². The van der Waals surface area contributed by atoms with Crippen LogP contribution in [0.2, 0.25) is 0 Å². The van der Waals surface area contributed by atoms with Gasteiger partial charge in [-0.2, -0.15) is 0 Å². The molecule has 0 spiro atoms. The minimum Gasteiger partial charge on any atom is -0.341 e.